The van der Waals surface area contributed by atoms with Gasteiger partial charge in [-0.15, -0.1) is 0 Å². The minimum Gasteiger partial charge on any atom is -0.493 e. The summed E-state index contributed by atoms with van der Waals surface area (Å²) < 4.78 is 11.0. The summed E-state index contributed by atoms with van der Waals surface area (Å²) in [6, 6.07) is 4.93. The first-order chi connectivity index (χ1) is 11.4. The molecule has 1 unspecified atom stereocenters. The fraction of sp³-hybridized carbons (Fsp3) is 0.556. The highest BCUT2D eigenvalue weighted by molar-refractivity contribution is 5.96. The van der Waals surface area contributed by atoms with Crippen molar-refractivity contribution in [2.24, 2.45) is 11.8 Å². The van der Waals surface area contributed by atoms with Crippen molar-refractivity contribution < 1.29 is 19.1 Å². The summed E-state index contributed by atoms with van der Waals surface area (Å²) in [7, 11) is 1.52. The number of benzene rings is 1. The van der Waals surface area contributed by atoms with Crippen LogP contribution in [-0.2, 0) is 4.79 Å². The number of hydrazine groups is 1. The molecule has 0 aliphatic heterocycles. The van der Waals surface area contributed by atoms with Gasteiger partial charge in [-0.05, 0) is 37.0 Å². The third-order valence-corrected chi connectivity index (χ3v) is 3.74. The average molecular weight is 336 g/mol. The van der Waals surface area contributed by atoms with E-state index in [1.165, 1.54) is 7.11 Å². The quantitative estimate of drug-likeness (QED) is 0.716. The zero-order valence-electron chi connectivity index (χ0n) is 15.1. The second-order valence-electron chi connectivity index (χ2n) is 6.15. The maximum Gasteiger partial charge on any atom is 0.269 e. The molecule has 134 valence electrons. The maximum absolute atomic E-state index is 12.1. The van der Waals surface area contributed by atoms with Gasteiger partial charge in [-0.3, -0.25) is 20.4 Å². The molecule has 24 heavy (non-hydrogen) atoms. The molecule has 1 rings (SSSR count). The molecular weight excluding hydrogens is 308 g/mol. The monoisotopic (exact) mass is 336 g/mol. The van der Waals surface area contributed by atoms with Gasteiger partial charge in [0, 0.05) is 11.5 Å². The van der Waals surface area contributed by atoms with Crippen molar-refractivity contribution in [2.45, 2.75) is 40.5 Å². The molecular formula is C18H28N2O4. The highest BCUT2D eigenvalue weighted by Crippen LogP contribution is 2.28. The first-order valence-corrected chi connectivity index (χ1v) is 8.30. The average Bonchev–Trinajstić information content (AvgIpc) is 2.58. The highest BCUT2D eigenvalue weighted by Gasteiger charge is 2.14. The van der Waals surface area contributed by atoms with E-state index >= 15 is 0 Å². The molecule has 0 fully saturated rings. The standard InChI is InChI=1S/C18H28N2O4/c1-6-13(4)17(21)19-20-18(22)14-7-8-15(16(11-14)23-5)24-10-9-12(2)3/h7-8,11-13H,6,9-10H2,1-5H3,(H,19,21)(H,20,22). The Morgan fingerprint density at radius 2 is 1.83 bits per heavy atom. The zero-order chi connectivity index (χ0) is 18.1. The number of ether oxygens (including phenoxy) is 2. The van der Waals surface area contributed by atoms with E-state index in [2.05, 4.69) is 24.7 Å². The van der Waals surface area contributed by atoms with E-state index in [0.717, 1.165) is 6.42 Å². The fourth-order valence-electron chi connectivity index (χ4n) is 1.83. The van der Waals surface area contributed by atoms with Crippen LogP contribution in [0.4, 0.5) is 0 Å². The summed E-state index contributed by atoms with van der Waals surface area (Å²) in [4.78, 5) is 23.8. The Labute approximate surface area is 143 Å². The molecule has 0 aliphatic carbocycles. The molecule has 0 saturated heterocycles. The van der Waals surface area contributed by atoms with Crippen molar-refractivity contribution in [1.82, 2.24) is 10.9 Å². The number of amides is 2. The van der Waals surface area contributed by atoms with Crippen molar-refractivity contribution in [3.8, 4) is 11.5 Å². The first kappa shape index (κ1) is 19.8. The molecule has 1 atom stereocenters. The van der Waals surface area contributed by atoms with Crippen LogP contribution in [0.15, 0.2) is 18.2 Å². The molecule has 1 aromatic carbocycles. The number of carbonyl (C=O) groups is 2. The van der Waals surface area contributed by atoms with Crippen LogP contribution in [0.2, 0.25) is 0 Å². The minimum absolute atomic E-state index is 0.156. The van der Waals surface area contributed by atoms with E-state index in [0.29, 0.717) is 36.0 Å². The number of nitrogens with one attached hydrogen (secondary N) is 2. The van der Waals surface area contributed by atoms with Crippen molar-refractivity contribution in [2.75, 3.05) is 13.7 Å². The summed E-state index contributed by atoms with van der Waals surface area (Å²) in [5.41, 5.74) is 5.21. The lowest BCUT2D eigenvalue weighted by atomic mass is 10.1. The van der Waals surface area contributed by atoms with Gasteiger partial charge in [0.1, 0.15) is 0 Å². The molecule has 0 saturated carbocycles. The molecule has 6 nitrogen and oxygen atoms in total. The van der Waals surface area contributed by atoms with E-state index in [-0.39, 0.29) is 11.8 Å². The predicted molar refractivity (Wildman–Crippen MR) is 93.0 cm³/mol. The Morgan fingerprint density at radius 1 is 1.12 bits per heavy atom. The Bertz CT molecular complexity index is 558. The Kier molecular flexibility index (Phi) is 8.09. The molecule has 6 heteroatoms. The molecule has 2 amide bonds. The molecule has 0 aromatic heterocycles. The van der Waals surface area contributed by atoms with Gasteiger partial charge in [0.2, 0.25) is 5.91 Å². The van der Waals surface area contributed by atoms with Crippen molar-refractivity contribution in [3.63, 3.8) is 0 Å². The molecule has 1 aromatic rings. The minimum atomic E-state index is -0.404. The van der Waals surface area contributed by atoms with Gasteiger partial charge in [-0.2, -0.15) is 0 Å². The molecule has 0 aliphatic rings. The number of rotatable bonds is 8. The topological polar surface area (TPSA) is 76.7 Å². The number of hydrogen-bond acceptors (Lipinski definition) is 4. The number of carbonyl (C=O) groups excluding carboxylic acids is 2. The largest absolute Gasteiger partial charge is 0.493 e. The van der Waals surface area contributed by atoms with Gasteiger partial charge in [0.05, 0.1) is 13.7 Å². The summed E-state index contributed by atoms with van der Waals surface area (Å²) in [5, 5.41) is 0. The van der Waals surface area contributed by atoms with Gasteiger partial charge in [0.15, 0.2) is 11.5 Å². The molecule has 0 heterocycles. The molecule has 0 spiro atoms. The van der Waals surface area contributed by atoms with Gasteiger partial charge in [-0.25, -0.2) is 0 Å². The van der Waals surface area contributed by atoms with E-state index in [9.17, 15) is 9.59 Å². The lowest BCUT2D eigenvalue weighted by Crippen LogP contribution is -2.43. The van der Waals surface area contributed by atoms with Crippen molar-refractivity contribution in [3.05, 3.63) is 23.8 Å². The Morgan fingerprint density at radius 3 is 2.42 bits per heavy atom. The Hall–Kier alpha value is -2.24. The van der Waals surface area contributed by atoms with E-state index < -0.39 is 5.91 Å². The normalized spacial score (nSPS) is 11.8. The van der Waals surface area contributed by atoms with Gasteiger partial charge >= 0.3 is 0 Å². The maximum atomic E-state index is 12.1. The first-order valence-electron chi connectivity index (χ1n) is 8.30. The third-order valence-electron chi connectivity index (χ3n) is 3.74. The van der Waals surface area contributed by atoms with Crippen LogP contribution in [0, 0.1) is 11.8 Å². The van der Waals surface area contributed by atoms with Crippen LogP contribution in [0.1, 0.15) is 50.9 Å². The van der Waals surface area contributed by atoms with E-state index in [4.69, 9.17) is 9.47 Å². The lowest BCUT2D eigenvalue weighted by Gasteiger charge is -2.14. The molecule has 2 N–H and O–H groups in total. The smallest absolute Gasteiger partial charge is 0.269 e. The second kappa shape index (κ2) is 9.80. The van der Waals surface area contributed by atoms with E-state index in [1.54, 1.807) is 25.1 Å². The van der Waals surface area contributed by atoms with Crippen LogP contribution in [-0.4, -0.2) is 25.5 Å². The second-order valence-corrected chi connectivity index (χ2v) is 6.15. The van der Waals surface area contributed by atoms with Crippen molar-refractivity contribution in [1.29, 1.82) is 0 Å². The van der Waals surface area contributed by atoms with Gasteiger partial charge < -0.3 is 9.47 Å². The van der Waals surface area contributed by atoms with E-state index in [1.807, 2.05) is 6.92 Å². The highest BCUT2D eigenvalue weighted by atomic mass is 16.5. The van der Waals surface area contributed by atoms with Crippen LogP contribution in [0.5, 0.6) is 11.5 Å². The summed E-state index contributed by atoms with van der Waals surface area (Å²) >= 11 is 0. The number of hydrogen-bond donors (Lipinski definition) is 2. The summed E-state index contributed by atoms with van der Waals surface area (Å²) in [5.74, 6) is 0.856. The fourth-order valence-corrected chi connectivity index (χ4v) is 1.83. The third kappa shape index (κ3) is 6.10. The SMILES string of the molecule is CCC(C)C(=O)NNC(=O)c1ccc(OCCC(C)C)c(OC)c1. The lowest BCUT2D eigenvalue weighted by molar-refractivity contribution is -0.125. The number of methoxy groups -OCH3 is 1. The van der Waals surface area contributed by atoms with Crippen LogP contribution in [0.25, 0.3) is 0 Å². The van der Waals surface area contributed by atoms with Crippen LogP contribution < -0.4 is 20.3 Å². The van der Waals surface area contributed by atoms with Crippen molar-refractivity contribution >= 4 is 11.8 Å². The Balaban J connectivity index is 2.68. The van der Waals surface area contributed by atoms with Gasteiger partial charge in [-0.1, -0.05) is 27.7 Å². The zero-order valence-corrected chi connectivity index (χ0v) is 15.1. The van der Waals surface area contributed by atoms with Crippen LogP contribution in [0.3, 0.4) is 0 Å². The van der Waals surface area contributed by atoms with Gasteiger partial charge in [0.25, 0.3) is 5.91 Å². The summed E-state index contributed by atoms with van der Waals surface area (Å²) in [6.07, 6.45) is 1.64. The summed E-state index contributed by atoms with van der Waals surface area (Å²) in [6.45, 7) is 8.55. The van der Waals surface area contributed by atoms with Crippen LogP contribution >= 0.6 is 0 Å². The molecule has 0 radical (unpaired) electrons. The predicted octanol–water partition coefficient (Wildman–Crippen LogP) is 2.93. The molecule has 0 bridgehead atoms.